The largest absolute Gasteiger partial charge is 0.378 e. The Hall–Kier alpha value is -2.01. The van der Waals surface area contributed by atoms with Gasteiger partial charge in [0.2, 0.25) is 0 Å². The monoisotopic (exact) mass is 307 g/mol. The Bertz CT molecular complexity index is 758. The van der Waals surface area contributed by atoms with E-state index in [1.165, 1.54) is 0 Å². The van der Waals surface area contributed by atoms with Gasteiger partial charge in [0, 0.05) is 19.8 Å². The summed E-state index contributed by atoms with van der Waals surface area (Å²) in [6.07, 6.45) is 0. The summed E-state index contributed by atoms with van der Waals surface area (Å²) >= 11 is 5.98. The van der Waals surface area contributed by atoms with Crippen LogP contribution in [0.4, 0.5) is 5.69 Å². The van der Waals surface area contributed by atoms with E-state index in [-0.39, 0.29) is 16.6 Å². The second-order valence-corrected chi connectivity index (χ2v) is 5.74. The number of H-pyrrole nitrogens is 1. The van der Waals surface area contributed by atoms with Crippen molar-refractivity contribution < 1.29 is 0 Å². The van der Waals surface area contributed by atoms with Crippen LogP contribution in [0.15, 0.2) is 33.9 Å². The standard InChI is InChI=1S/C15H18ClN3O2/c1-9(2)12-13(16)17-15(21)19(14(12)20)11-7-5-10(6-8-11)18(3)4/h5-9H,1-4H3,(H,17,21). The number of nitrogens with one attached hydrogen (secondary N) is 1. The summed E-state index contributed by atoms with van der Waals surface area (Å²) in [6, 6.07) is 7.18. The molecule has 0 bridgehead atoms. The maximum absolute atomic E-state index is 12.5. The van der Waals surface area contributed by atoms with Gasteiger partial charge < -0.3 is 4.90 Å². The molecule has 2 aromatic rings. The normalized spacial score (nSPS) is 11.0. The molecule has 1 heterocycles. The number of anilines is 1. The van der Waals surface area contributed by atoms with Crippen LogP contribution >= 0.6 is 11.6 Å². The highest BCUT2D eigenvalue weighted by Crippen LogP contribution is 2.18. The third-order valence-corrected chi connectivity index (χ3v) is 3.59. The molecule has 0 fully saturated rings. The molecule has 0 saturated heterocycles. The van der Waals surface area contributed by atoms with E-state index in [0.717, 1.165) is 10.3 Å². The highest BCUT2D eigenvalue weighted by atomic mass is 35.5. The average Bonchev–Trinajstić information content (AvgIpc) is 2.38. The van der Waals surface area contributed by atoms with Crippen LogP contribution in [0.1, 0.15) is 25.3 Å². The van der Waals surface area contributed by atoms with Gasteiger partial charge in [0.25, 0.3) is 5.56 Å². The molecule has 1 aromatic carbocycles. The van der Waals surface area contributed by atoms with E-state index in [1.54, 1.807) is 12.1 Å². The molecular formula is C15H18ClN3O2. The van der Waals surface area contributed by atoms with Gasteiger partial charge in [-0.2, -0.15) is 0 Å². The van der Waals surface area contributed by atoms with Gasteiger partial charge in [-0.25, -0.2) is 9.36 Å². The second-order valence-electron chi connectivity index (χ2n) is 5.36. The average molecular weight is 308 g/mol. The van der Waals surface area contributed by atoms with Crippen molar-refractivity contribution in [2.45, 2.75) is 19.8 Å². The van der Waals surface area contributed by atoms with Gasteiger partial charge >= 0.3 is 5.69 Å². The molecule has 0 saturated carbocycles. The Balaban J connectivity index is 2.67. The minimum absolute atomic E-state index is 0.0749. The van der Waals surface area contributed by atoms with Crippen LogP contribution in [0.5, 0.6) is 0 Å². The number of aromatic nitrogens is 2. The SMILES string of the molecule is CC(C)c1c(Cl)[nH]c(=O)n(-c2ccc(N(C)C)cc2)c1=O. The van der Waals surface area contributed by atoms with Crippen LogP contribution in [-0.2, 0) is 0 Å². The molecule has 0 aliphatic rings. The number of benzene rings is 1. The number of rotatable bonds is 3. The Kier molecular flexibility index (Phi) is 4.23. The highest BCUT2D eigenvalue weighted by molar-refractivity contribution is 6.30. The molecule has 112 valence electrons. The number of nitrogens with zero attached hydrogens (tertiary/aromatic N) is 2. The third kappa shape index (κ3) is 2.88. The molecular weight excluding hydrogens is 290 g/mol. The molecule has 0 atom stereocenters. The van der Waals surface area contributed by atoms with E-state index in [2.05, 4.69) is 4.98 Å². The fourth-order valence-electron chi connectivity index (χ4n) is 2.16. The predicted octanol–water partition coefficient (Wildman–Crippen LogP) is 2.37. The van der Waals surface area contributed by atoms with Crippen molar-refractivity contribution in [3.05, 3.63) is 55.8 Å². The fraction of sp³-hybridized carbons (Fsp3) is 0.333. The predicted molar refractivity (Wildman–Crippen MR) is 86.1 cm³/mol. The number of halogens is 1. The van der Waals surface area contributed by atoms with Crippen LogP contribution in [0, 0.1) is 0 Å². The first-order chi connectivity index (χ1) is 9.82. The van der Waals surface area contributed by atoms with E-state index < -0.39 is 5.69 Å². The zero-order valence-corrected chi connectivity index (χ0v) is 13.2. The maximum atomic E-state index is 12.5. The molecule has 6 heteroatoms. The fourth-order valence-corrected chi connectivity index (χ4v) is 2.54. The lowest BCUT2D eigenvalue weighted by Gasteiger charge is -2.14. The van der Waals surface area contributed by atoms with Crippen LogP contribution in [-0.4, -0.2) is 23.6 Å². The molecule has 0 spiro atoms. The van der Waals surface area contributed by atoms with Crippen LogP contribution in [0.25, 0.3) is 5.69 Å². The highest BCUT2D eigenvalue weighted by Gasteiger charge is 2.16. The van der Waals surface area contributed by atoms with Gasteiger partial charge in [-0.05, 0) is 30.2 Å². The zero-order valence-electron chi connectivity index (χ0n) is 12.5. The Morgan fingerprint density at radius 2 is 1.71 bits per heavy atom. The van der Waals surface area contributed by atoms with Gasteiger partial charge in [-0.1, -0.05) is 25.4 Å². The molecule has 2 rings (SSSR count). The molecule has 0 amide bonds. The number of hydrogen-bond donors (Lipinski definition) is 1. The maximum Gasteiger partial charge on any atom is 0.334 e. The summed E-state index contributed by atoms with van der Waals surface area (Å²) in [4.78, 5) is 29.1. The first kappa shape index (κ1) is 15.4. The lowest BCUT2D eigenvalue weighted by Crippen LogP contribution is -2.36. The minimum atomic E-state index is -0.535. The summed E-state index contributed by atoms with van der Waals surface area (Å²) in [6.45, 7) is 3.72. The van der Waals surface area contributed by atoms with E-state index in [4.69, 9.17) is 11.6 Å². The Labute approximate surface area is 127 Å². The van der Waals surface area contributed by atoms with Crippen molar-refractivity contribution >= 4 is 17.3 Å². The summed E-state index contributed by atoms with van der Waals surface area (Å²) < 4.78 is 1.11. The first-order valence-corrected chi connectivity index (χ1v) is 7.03. The lowest BCUT2D eigenvalue weighted by molar-refractivity contribution is 0.777. The molecule has 0 radical (unpaired) electrons. The summed E-state index contributed by atoms with van der Waals surface area (Å²) in [5, 5.41) is 0.112. The number of hydrogen-bond acceptors (Lipinski definition) is 3. The van der Waals surface area contributed by atoms with Gasteiger partial charge in [0.05, 0.1) is 11.3 Å². The van der Waals surface area contributed by atoms with Crippen molar-refractivity contribution in [2.24, 2.45) is 0 Å². The quantitative estimate of drug-likeness (QED) is 0.886. The van der Waals surface area contributed by atoms with Crippen molar-refractivity contribution in [1.29, 1.82) is 0 Å². The first-order valence-electron chi connectivity index (χ1n) is 6.65. The van der Waals surface area contributed by atoms with Crippen molar-refractivity contribution in [2.75, 3.05) is 19.0 Å². The van der Waals surface area contributed by atoms with E-state index in [1.807, 2.05) is 45.0 Å². The molecule has 0 aliphatic heterocycles. The van der Waals surface area contributed by atoms with Crippen molar-refractivity contribution in [3.8, 4) is 5.69 Å². The van der Waals surface area contributed by atoms with Crippen LogP contribution in [0.3, 0.4) is 0 Å². The molecule has 0 aliphatic carbocycles. The summed E-state index contributed by atoms with van der Waals surface area (Å²) in [5.74, 6) is -0.0749. The lowest BCUT2D eigenvalue weighted by atomic mass is 10.1. The Morgan fingerprint density at radius 1 is 1.14 bits per heavy atom. The summed E-state index contributed by atoms with van der Waals surface area (Å²) in [5.41, 5.74) is 1.00. The van der Waals surface area contributed by atoms with E-state index in [9.17, 15) is 9.59 Å². The van der Waals surface area contributed by atoms with Crippen molar-refractivity contribution in [3.63, 3.8) is 0 Å². The smallest absolute Gasteiger partial charge is 0.334 e. The van der Waals surface area contributed by atoms with E-state index >= 15 is 0 Å². The zero-order chi connectivity index (χ0) is 15.7. The topological polar surface area (TPSA) is 58.1 Å². The van der Waals surface area contributed by atoms with E-state index in [0.29, 0.717) is 11.3 Å². The van der Waals surface area contributed by atoms with Crippen molar-refractivity contribution in [1.82, 2.24) is 9.55 Å². The molecule has 1 aromatic heterocycles. The molecule has 1 N–H and O–H groups in total. The molecule has 5 nitrogen and oxygen atoms in total. The van der Waals surface area contributed by atoms with Gasteiger partial charge in [-0.15, -0.1) is 0 Å². The van der Waals surface area contributed by atoms with Crippen LogP contribution < -0.4 is 16.1 Å². The minimum Gasteiger partial charge on any atom is -0.378 e. The van der Waals surface area contributed by atoms with Gasteiger partial charge in [-0.3, -0.25) is 9.78 Å². The van der Waals surface area contributed by atoms with Gasteiger partial charge in [0.15, 0.2) is 0 Å². The summed E-state index contributed by atoms with van der Waals surface area (Å²) in [7, 11) is 3.85. The van der Waals surface area contributed by atoms with Gasteiger partial charge in [0.1, 0.15) is 5.15 Å². The molecule has 21 heavy (non-hydrogen) atoms. The Morgan fingerprint density at radius 3 is 2.19 bits per heavy atom. The molecule has 0 unspecified atom stereocenters. The second kappa shape index (κ2) is 5.77. The third-order valence-electron chi connectivity index (χ3n) is 3.29. The van der Waals surface area contributed by atoms with Crippen LogP contribution in [0.2, 0.25) is 5.15 Å². The number of aromatic amines is 1.